The van der Waals surface area contributed by atoms with Crippen LogP contribution in [-0.4, -0.2) is 22.0 Å². The molecule has 9 heteroatoms. The number of nitrogens with two attached hydrogens (primary N) is 1. The minimum absolute atomic E-state index is 0.565. The van der Waals surface area contributed by atoms with Crippen molar-refractivity contribution in [1.82, 2.24) is 9.78 Å². The van der Waals surface area contributed by atoms with E-state index in [1.807, 2.05) is 0 Å². The molecule has 0 aliphatic heterocycles. The Balaban J connectivity index is 3.00. The molecule has 0 fully saturated rings. The molecular weight excluding hydrogens is 252 g/mol. The van der Waals surface area contributed by atoms with Crippen molar-refractivity contribution in [3.63, 3.8) is 0 Å². The molecule has 17 heavy (non-hydrogen) atoms. The second-order valence-electron chi connectivity index (χ2n) is 3.53. The Labute approximate surface area is 92.2 Å². The summed E-state index contributed by atoms with van der Waals surface area (Å²) in [5.41, 5.74) is 2.88. The van der Waals surface area contributed by atoms with E-state index in [0.29, 0.717) is 0 Å². The SMILES string of the molecule is Cn1cc(CC(N)C(F)(F)F)c(C(F)(F)F)n1. The fraction of sp³-hybridized carbons (Fsp3) is 0.625. The smallest absolute Gasteiger partial charge is 0.320 e. The van der Waals surface area contributed by atoms with Crippen LogP contribution in [0.2, 0.25) is 0 Å². The molecule has 0 saturated carbocycles. The van der Waals surface area contributed by atoms with Crippen LogP contribution in [0.1, 0.15) is 11.3 Å². The van der Waals surface area contributed by atoms with E-state index in [1.54, 1.807) is 0 Å². The van der Waals surface area contributed by atoms with E-state index >= 15 is 0 Å². The molecule has 1 aromatic rings. The van der Waals surface area contributed by atoms with Crippen molar-refractivity contribution in [1.29, 1.82) is 0 Å². The van der Waals surface area contributed by atoms with Gasteiger partial charge in [-0.15, -0.1) is 0 Å². The van der Waals surface area contributed by atoms with Crippen LogP contribution in [0.5, 0.6) is 0 Å². The number of aromatic nitrogens is 2. The first-order valence-corrected chi connectivity index (χ1v) is 4.44. The normalized spacial score (nSPS) is 15.1. The molecule has 1 rings (SSSR count). The molecule has 98 valence electrons. The molecule has 1 heterocycles. The lowest BCUT2D eigenvalue weighted by molar-refractivity contribution is -0.150. The van der Waals surface area contributed by atoms with Gasteiger partial charge < -0.3 is 5.73 Å². The quantitative estimate of drug-likeness (QED) is 0.826. The van der Waals surface area contributed by atoms with Crippen molar-refractivity contribution in [3.05, 3.63) is 17.5 Å². The van der Waals surface area contributed by atoms with E-state index in [-0.39, 0.29) is 0 Å². The second-order valence-corrected chi connectivity index (χ2v) is 3.53. The van der Waals surface area contributed by atoms with Gasteiger partial charge in [-0.05, 0) is 0 Å². The average molecular weight is 261 g/mol. The number of aryl methyl sites for hydroxylation is 1. The largest absolute Gasteiger partial charge is 0.435 e. The summed E-state index contributed by atoms with van der Waals surface area (Å²) >= 11 is 0. The lowest BCUT2D eigenvalue weighted by Crippen LogP contribution is -2.39. The number of hydrogen-bond donors (Lipinski definition) is 1. The Bertz CT molecular complexity index is 391. The lowest BCUT2D eigenvalue weighted by atomic mass is 10.1. The first-order chi connectivity index (χ1) is 7.51. The highest BCUT2D eigenvalue weighted by molar-refractivity contribution is 5.21. The zero-order valence-electron chi connectivity index (χ0n) is 8.60. The van der Waals surface area contributed by atoms with Crippen LogP contribution >= 0.6 is 0 Å². The van der Waals surface area contributed by atoms with E-state index in [2.05, 4.69) is 5.10 Å². The summed E-state index contributed by atoms with van der Waals surface area (Å²) in [7, 11) is 1.19. The van der Waals surface area contributed by atoms with Crippen molar-refractivity contribution in [2.75, 3.05) is 0 Å². The third kappa shape index (κ3) is 3.35. The molecule has 1 aromatic heterocycles. The molecule has 0 spiro atoms. The molecule has 2 N–H and O–H groups in total. The highest BCUT2D eigenvalue weighted by Crippen LogP contribution is 2.32. The predicted octanol–water partition coefficient (Wildman–Crippen LogP) is 1.87. The van der Waals surface area contributed by atoms with Gasteiger partial charge in [0.15, 0.2) is 5.69 Å². The minimum Gasteiger partial charge on any atom is -0.320 e. The number of rotatable bonds is 2. The highest BCUT2D eigenvalue weighted by atomic mass is 19.4. The van der Waals surface area contributed by atoms with Crippen molar-refractivity contribution >= 4 is 0 Å². The molecule has 0 bridgehead atoms. The summed E-state index contributed by atoms with van der Waals surface area (Å²) in [5, 5.41) is 3.09. The summed E-state index contributed by atoms with van der Waals surface area (Å²) in [5.74, 6) is 0. The van der Waals surface area contributed by atoms with Crippen LogP contribution in [0.4, 0.5) is 26.3 Å². The van der Waals surface area contributed by atoms with Gasteiger partial charge in [0.25, 0.3) is 0 Å². The fourth-order valence-electron chi connectivity index (χ4n) is 1.28. The summed E-state index contributed by atoms with van der Waals surface area (Å²) in [6, 6.07) is -2.34. The second kappa shape index (κ2) is 4.21. The maximum absolute atomic E-state index is 12.4. The maximum Gasteiger partial charge on any atom is 0.435 e. The van der Waals surface area contributed by atoms with Crippen LogP contribution in [0.15, 0.2) is 6.20 Å². The Morgan fingerprint density at radius 1 is 1.29 bits per heavy atom. The first kappa shape index (κ1) is 13.8. The molecule has 1 unspecified atom stereocenters. The van der Waals surface area contributed by atoms with Gasteiger partial charge >= 0.3 is 12.4 Å². The van der Waals surface area contributed by atoms with Gasteiger partial charge in [-0.1, -0.05) is 0 Å². The Hall–Kier alpha value is -1.25. The molecule has 0 amide bonds. The topological polar surface area (TPSA) is 43.8 Å². The number of hydrogen-bond acceptors (Lipinski definition) is 2. The molecule has 0 radical (unpaired) electrons. The third-order valence-electron chi connectivity index (χ3n) is 2.03. The van der Waals surface area contributed by atoms with Crippen LogP contribution in [0.3, 0.4) is 0 Å². The van der Waals surface area contributed by atoms with Crippen LogP contribution in [0, 0.1) is 0 Å². The molecule has 3 nitrogen and oxygen atoms in total. The summed E-state index contributed by atoms with van der Waals surface area (Å²) in [6.45, 7) is 0. The number of nitrogens with zero attached hydrogens (tertiary/aromatic N) is 2. The average Bonchev–Trinajstić information content (AvgIpc) is 2.44. The predicted molar refractivity (Wildman–Crippen MR) is 45.9 cm³/mol. The first-order valence-electron chi connectivity index (χ1n) is 4.44. The van der Waals surface area contributed by atoms with Crippen LogP contribution < -0.4 is 5.73 Å². The molecule has 1 atom stereocenters. The molecule has 0 aliphatic carbocycles. The minimum atomic E-state index is -4.79. The summed E-state index contributed by atoms with van der Waals surface area (Å²) in [6.07, 6.45) is -9.60. The van der Waals surface area contributed by atoms with Crippen molar-refractivity contribution in [2.45, 2.75) is 24.8 Å². The molecule has 0 aromatic carbocycles. The Morgan fingerprint density at radius 3 is 2.24 bits per heavy atom. The lowest BCUT2D eigenvalue weighted by Gasteiger charge is -2.15. The van der Waals surface area contributed by atoms with Gasteiger partial charge in [-0.3, -0.25) is 4.68 Å². The van der Waals surface area contributed by atoms with Crippen molar-refractivity contribution < 1.29 is 26.3 Å². The molecular formula is C8H9F6N3. The van der Waals surface area contributed by atoms with Crippen LogP contribution in [0.25, 0.3) is 0 Å². The number of alkyl halides is 6. The van der Waals surface area contributed by atoms with Crippen molar-refractivity contribution in [3.8, 4) is 0 Å². The van der Waals surface area contributed by atoms with E-state index in [4.69, 9.17) is 5.73 Å². The Morgan fingerprint density at radius 2 is 1.82 bits per heavy atom. The zero-order valence-corrected chi connectivity index (χ0v) is 8.60. The summed E-state index contributed by atoms with van der Waals surface area (Å²) in [4.78, 5) is 0. The standard InChI is InChI=1S/C8H9F6N3/c1-17-3-4(2-5(15)7(9,10)11)6(16-17)8(12,13)14/h3,5H,2,15H2,1H3. The van der Waals surface area contributed by atoms with E-state index in [1.165, 1.54) is 7.05 Å². The summed E-state index contributed by atoms with van der Waals surface area (Å²) < 4.78 is 74.4. The van der Waals surface area contributed by atoms with Gasteiger partial charge in [-0.25, -0.2) is 0 Å². The van der Waals surface area contributed by atoms with E-state index < -0.39 is 36.1 Å². The Kier molecular flexibility index (Phi) is 3.42. The zero-order chi connectivity index (χ0) is 13.4. The third-order valence-corrected chi connectivity index (χ3v) is 2.03. The highest BCUT2D eigenvalue weighted by Gasteiger charge is 2.41. The van der Waals surface area contributed by atoms with Gasteiger partial charge in [-0.2, -0.15) is 31.4 Å². The van der Waals surface area contributed by atoms with Gasteiger partial charge in [0, 0.05) is 25.2 Å². The van der Waals surface area contributed by atoms with Gasteiger partial charge in [0.05, 0.1) is 0 Å². The van der Waals surface area contributed by atoms with E-state index in [9.17, 15) is 26.3 Å². The van der Waals surface area contributed by atoms with Gasteiger partial charge in [0.2, 0.25) is 0 Å². The number of halogens is 6. The maximum atomic E-state index is 12.4. The fourth-order valence-corrected chi connectivity index (χ4v) is 1.28. The molecule has 0 aliphatic rings. The van der Waals surface area contributed by atoms with Crippen molar-refractivity contribution in [2.24, 2.45) is 12.8 Å². The van der Waals surface area contributed by atoms with Gasteiger partial charge in [0.1, 0.15) is 6.04 Å². The molecule has 0 saturated heterocycles. The van der Waals surface area contributed by atoms with E-state index in [0.717, 1.165) is 10.9 Å². The van der Waals surface area contributed by atoms with Crippen LogP contribution in [-0.2, 0) is 19.6 Å². The monoisotopic (exact) mass is 261 g/mol.